The van der Waals surface area contributed by atoms with E-state index < -0.39 is 0 Å². The van der Waals surface area contributed by atoms with E-state index in [0.29, 0.717) is 29.0 Å². The Hall–Kier alpha value is -3.49. The zero-order valence-electron chi connectivity index (χ0n) is 17.6. The molecule has 5 rings (SSSR count). The largest absolute Gasteiger partial charge is 0.497 e. The van der Waals surface area contributed by atoms with Crippen LogP contribution >= 0.6 is 23.4 Å². The van der Waals surface area contributed by atoms with Gasteiger partial charge < -0.3 is 13.6 Å². The average molecular weight is 479 g/mol. The number of hydrogen-bond donors (Lipinski definition) is 0. The van der Waals surface area contributed by atoms with E-state index in [-0.39, 0.29) is 0 Å². The van der Waals surface area contributed by atoms with E-state index in [9.17, 15) is 0 Å². The molecule has 3 aromatic heterocycles. The molecule has 9 heteroatoms. The summed E-state index contributed by atoms with van der Waals surface area (Å²) in [5.74, 6) is 4.03. The van der Waals surface area contributed by atoms with Gasteiger partial charge in [-0.1, -0.05) is 47.6 Å². The van der Waals surface area contributed by atoms with Gasteiger partial charge in [0.05, 0.1) is 31.9 Å². The van der Waals surface area contributed by atoms with E-state index in [1.165, 1.54) is 11.8 Å². The molecule has 0 bridgehead atoms. The van der Waals surface area contributed by atoms with Gasteiger partial charge in [0.2, 0.25) is 5.89 Å². The van der Waals surface area contributed by atoms with Crippen molar-refractivity contribution in [3.05, 3.63) is 89.8 Å². The van der Waals surface area contributed by atoms with Gasteiger partial charge in [0.15, 0.2) is 16.7 Å². The number of methoxy groups -OCH3 is 1. The highest BCUT2D eigenvalue weighted by molar-refractivity contribution is 7.98. The number of nitrogens with zero attached hydrogens (tertiary/aromatic N) is 4. The van der Waals surface area contributed by atoms with Crippen molar-refractivity contribution >= 4 is 23.4 Å². The topological polar surface area (TPSA) is 79.1 Å². The number of hydrogen-bond acceptors (Lipinski definition) is 7. The Morgan fingerprint density at radius 3 is 2.73 bits per heavy atom. The number of benzene rings is 2. The van der Waals surface area contributed by atoms with Crippen molar-refractivity contribution in [1.82, 2.24) is 19.7 Å². The van der Waals surface area contributed by atoms with Crippen LogP contribution in [-0.2, 0) is 12.3 Å². The number of halogens is 1. The SMILES string of the molecule is COc1cccc(-c2nnc(SCc3ncc(-c4cccc(Cl)c4)o3)n2Cc2ccco2)c1. The van der Waals surface area contributed by atoms with Crippen molar-refractivity contribution in [3.63, 3.8) is 0 Å². The molecule has 0 aliphatic carbocycles. The molecule has 0 saturated carbocycles. The molecule has 0 amide bonds. The van der Waals surface area contributed by atoms with E-state index in [2.05, 4.69) is 15.2 Å². The fraction of sp³-hybridized carbons (Fsp3) is 0.125. The van der Waals surface area contributed by atoms with Crippen molar-refractivity contribution in [2.45, 2.75) is 17.5 Å². The van der Waals surface area contributed by atoms with E-state index in [4.69, 9.17) is 25.2 Å². The third kappa shape index (κ3) is 4.81. The van der Waals surface area contributed by atoms with Crippen LogP contribution in [0.25, 0.3) is 22.7 Å². The molecule has 2 aromatic carbocycles. The molecule has 7 nitrogen and oxygen atoms in total. The molecule has 0 N–H and O–H groups in total. The minimum atomic E-state index is 0.494. The molecule has 0 atom stereocenters. The Bertz CT molecular complexity index is 1360. The fourth-order valence-corrected chi connectivity index (χ4v) is 4.33. The molecule has 3 heterocycles. The van der Waals surface area contributed by atoms with Gasteiger partial charge in [-0.25, -0.2) is 4.98 Å². The average Bonchev–Trinajstić information content (AvgIpc) is 3.60. The van der Waals surface area contributed by atoms with Crippen LogP contribution in [0.1, 0.15) is 11.7 Å². The van der Waals surface area contributed by atoms with Crippen LogP contribution in [0.2, 0.25) is 5.02 Å². The molecule has 0 saturated heterocycles. The monoisotopic (exact) mass is 478 g/mol. The first-order valence-electron chi connectivity index (χ1n) is 10.1. The second-order valence-corrected chi connectivity index (χ2v) is 8.50. The number of thioether (sulfide) groups is 1. The lowest BCUT2D eigenvalue weighted by Gasteiger charge is -2.09. The second kappa shape index (κ2) is 9.56. The van der Waals surface area contributed by atoms with Crippen LogP contribution in [-0.4, -0.2) is 26.9 Å². The Morgan fingerprint density at radius 2 is 1.91 bits per heavy atom. The summed E-state index contributed by atoms with van der Waals surface area (Å²) in [4.78, 5) is 4.41. The van der Waals surface area contributed by atoms with Gasteiger partial charge in [0, 0.05) is 16.1 Å². The predicted octanol–water partition coefficient (Wildman–Crippen LogP) is 6.20. The molecule has 33 heavy (non-hydrogen) atoms. The van der Waals surface area contributed by atoms with E-state index >= 15 is 0 Å². The number of rotatable bonds is 8. The third-order valence-electron chi connectivity index (χ3n) is 4.93. The summed E-state index contributed by atoms with van der Waals surface area (Å²) in [6, 6.07) is 19.0. The normalized spacial score (nSPS) is 11.1. The maximum Gasteiger partial charge on any atom is 0.205 e. The molecule has 0 aliphatic rings. The molecule has 0 aliphatic heterocycles. The highest BCUT2D eigenvalue weighted by atomic mass is 35.5. The lowest BCUT2D eigenvalue weighted by Crippen LogP contribution is -2.03. The summed E-state index contributed by atoms with van der Waals surface area (Å²) >= 11 is 7.58. The Balaban J connectivity index is 1.40. The number of oxazole rings is 1. The van der Waals surface area contributed by atoms with Gasteiger partial charge in [-0.3, -0.25) is 4.57 Å². The zero-order chi connectivity index (χ0) is 22.6. The number of furan rings is 1. The second-order valence-electron chi connectivity index (χ2n) is 7.12. The van der Waals surface area contributed by atoms with Crippen LogP contribution < -0.4 is 4.74 Å². The summed E-state index contributed by atoms with van der Waals surface area (Å²) < 4.78 is 18.9. The quantitative estimate of drug-likeness (QED) is 0.246. The minimum absolute atomic E-state index is 0.494. The van der Waals surface area contributed by atoms with Gasteiger partial charge in [0.25, 0.3) is 0 Å². The van der Waals surface area contributed by atoms with Gasteiger partial charge in [-0.15, -0.1) is 10.2 Å². The number of aromatic nitrogens is 4. The molecule has 166 valence electrons. The van der Waals surface area contributed by atoms with Crippen LogP contribution in [0.4, 0.5) is 0 Å². The fourth-order valence-electron chi connectivity index (χ4n) is 3.35. The van der Waals surface area contributed by atoms with Crippen molar-refractivity contribution < 1.29 is 13.6 Å². The Morgan fingerprint density at radius 1 is 1.03 bits per heavy atom. The maximum absolute atomic E-state index is 6.09. The smallest absolute Gasteiger partial charge is 0.205 e. The molecule has 0 unspecified atom stereocenters. The lowest BCUT2D eigenvalue weighted by atomic mass is 10.2. The molecular formula is C24H19ClN4O3S. The number of ether oxygens (including phenoxy) is 1. The van der Waals surface area contributed by atoms with Gasteiger partial charge in [0.1, 0.15) is 11.5 Å². The van der Waals surface area contributed by atoms with Crippen LogP contribution in [0.15, 0.2) is 87.1 Å². The van der Waals surface area contributed by atoms with Crippen LogP contribution in [0.3, 0.4) is 0 Å². The first-order chi connectivity index (χ1) is 16.2. The van der Waals surface area contributed by atoms with Crippen LogP contribution in [0, 0.1) is 0 Å². The molecule has 0 fully saturated rings. The van der Waals surface area contributed by atoms with Crippen molar-refractivity contribution in [2.75, 3.05) is 7.11 Å². The van der Waals surface area contributed by atoms with Crippen molar-refractivity contribution in [3.8, 4) is 28.5 Å². The van der Waals surface area contributed by atoms with Gasteiger partial charge in [-0.2, -0.15) is 0 Å². The minimum Gasteiger partial charge on any atom is -0.497 e. The Kier molecular flexibility index (Phi) is 6.19. The molecule has 0 radical (unpaired) electrons. The van der Waals surface area contributed by atoms with Crippen molar-refractivity contribution in [2.24, 2.45) is 0 Å². The van der Waals surface area contributed by atoms with Crippen LogP contribution in [0.5, 0.6) is 5.75 Å². The summed E-state index contributed by atoms with van der Waals surface area (Å²) in [5, 5.41) is 10.3. The first kappa shape index (κ1) is 21.4. The van der Waals surface area contributed by atoms with Gasteiger partial charge >= 0.3 is 0 Å². The van der Waals surface area contributed by atoms with E-state index in [0.717, 1.165) is 33.6 Å². The highest BCUT2D eigenvalue weighted by Crippen LogP contribution is 2.30. The van der Waals surface area contributed by atoms with E-state index in [1.54, 1.807) is 19.6 Å². The summed E-state index contributed by atoms with van der Waals surface area (Å²) in [6.45, 7) is 0.494. The first-order valence-corrected chi connectivity index (χ1v) is 11.5. The molecule has 0 spiro atoms. The highest BCUT2D eigenvalue weighted by Gasteiger charge is 2.18. The maximum atomic E-state index is 6.09. The summed E-state index contributed by atoms with van der Waals surface area (Å²) in [5.41, 5.74) is 1.78. The van der Waals surface area contributed by atoms with Gasteiger partial charge in [-0.05, 0) is 36.4 Å². The molecular weight excluding hydrogens is 460 g/mol. The third-order valence-corrected chi connectivity index (χ3v) is 6.11. The zero-order valence-corrected chi connectivity index (χ0v) is 19.2. The predicted molar refractivity (Wildman–Crippen MR) is 126 cm³/mol. The van der Waals surface area contributed by atoms with Crippen molar-refractivity contribution in [1.29, 1.82) is 0 Å². The summed E-state index contributed by atoms with van der Waals surface area (Å²) in [6.07, 6.45) is 3.36. The summed E-state index contributed by atoms with van der Waals surface area (Å²) in [7, 11) is 1.64. The Labute approximate surface area is 199 Å². The standard InChI is InChI=1S/C24H19ClN4O3S/c1-30-19-8-3-6-17(12-19)23-27-28-24(29(23)14-20-9-4-10-31-20)33-15-22-26-13-21(32-22)16-5-2-7-18(25)11-16/h2-13H,14-15H2,1H3. The lowest BCUT2D eigenvalue weighted by molar-refractivity contribution is 0.415. The van der Waals surface area contributed by atoms with E-state index in [1.807, 2.05) is 65.2 Å². The molecule has 5 aromatic rings.